The lowest BCUT2D eigenvalue weighted by atomic mass is 10.1. The molecule has 2 aromatic heterocycles. The average molecular weight is 427 g/mol. The van der Waals surface area contributed by atoms with Crippen LogP contribution in [0.3, 0.4) is 0 Å². The second-order valence-electron chi connectivity index (χ2n) is 6.04. The van der Waals surface area contributed by atoms with Crippen molar-refractivity contribution in [2.45, 2.75) is 6.42 Å². The van der Waals surface area contributed by atoms with Gasteiger partial charge in [-0.3, -0.25) is 14.7 Å². The first-order valence-electron chi connectivity index (χ1n) is 8.46. The van der Waals surface area contributed by atoms with Crippen molar-refractivity contribution in [3.63, 3.8) is 0 Å². The van der Waals surface area contributed by atoms with Crippen molar-refractivity contribution in [1.29, 1.82) is 0 Å². The van der Waals surface area contributed by atoms with E-state index in [4.69, 9.17) is 23.8 Å². The second kappa shape index (κ2) is 8.10. The van der Waals surface area contributed by atoms with Crippen molar-refractivity contribution in [2.24, 2.45) is 0 Å². The van der Waals surface area contributed by atoms with Crippen molar-refractivity contribution < 1.29 is 4.79 Å². The van der Waals surface area contributed by atoms with Gasteiger partial charge in [0.1, 0.15) is 5.69 Å². The molecule has 0 radical (unpaired) electrons. The Kier molecular flexibility index (Phi) is 5.38. The molecule has 2 N–H and O–H groups in total. The van der Waals surface area contributed by atoms with Crippen molar-refractivity contribution in [1.82, 2.24) is 14.5 Å². The van der Waals surface area contributed by atoms with Crippen molar-refractivity contribution in [3.8, 4) is 5.69 Å². The highest BCUT2D eigenvalue weighted by Crippen LogP contribution is 2.23. The van der Waals surface area contributed by atoms with Gasteiger partial charge in [-0.2, -0.15) is 0 Å². The molecule has 28 heavy (non-hydrogen) atoms. The Hall–Kier alpha value is -2.74. The molecule has 1 amide bonds. The third kappa shape index (κ3) is 4.06. The van der Waals surface area contributed by atoms with Gasteiger partial charge in [0.25, 0.3) is 5.91 Å². The lowest BCUT2D eigenvalue weighted by Crippen LogP contribution is -2.16. The smallest absolute Gasteiger partial charge is 0.276 e. The van der Waals surface area contributed by atoms with Crippen LogP contribution in [-0.4, -0.2) is 20.4 Å². The number of H-pyrrole nitrogens is 1. The first-order valence-corrected chi connectivity index (χ1v) is 10.1. The number of imidazole rings is 1. The third-order valence-corrected chi connectivity index (χ3v) is 5.55. The Balaban J connectivity index is 1.52. The van der Waals surface area contributed by atoms with E-state index in [2.05, 4.69) is 15.3 Å². The fraction of sp³-hybridized carbons (Fsp3) is 0.0500. The van der Waals surface area contributed by atoms with Gasteiger partial charge in [0.15, 0.2) is 9.90 Å². The summed E-state index contributed by atoms with van der Waals surface area (Å²) >= 11 is 12.7. The number of rotatable bonds is 5. The molecule has 8 heteroatoms. The molecular weight excluding hydrogens is 412 g/mol. The van der Waals surface area contributed by atoms with Crippen LogP contribution in [0.25, 0.3) is 5.69 Å². The Morgan fingerprint density at radius 1 is 1.18 bits per heavy atom. The van der Waals surface area contributed by atoms with Crippen LogP contribution in [0.1, 0.15) is 20.9 Å². The Labute approximate surface area is 175 Å². The average Bonchev–Trinajstić information content (AvgIpc) is 3.30. The summed E-state index contributed by atoms with van der Waals surface area (Å²) in [5.41, 5.74) is 2.38. The summed E-state index contributed by atoms with van der Waals surface area (Å²) in [6, 6.07) is 17.2. The zero-order valence-corrected chi connectivity index (χ0v) is 16.9. The van der Waals surface area contributed by atoms with Crippen molar-refractivity contribution in [3.05, 3.63) is 92.9 Å². The number of halogens is 1. The second-order valence-corrected chi connectivity index (χ2v) is 7.98. The summed E-state index contributed by atoms with van der Waals surface area (Å²) in [6.45, 7) is 0. The highest BCUT2D eigenvalue weighted by atomic mass is 35.5. The molecule has 0 saturated carbocycles. The van der Waals surface area contributed by atoms with E-state index < -0.39 is 0 Å². The zero-order valence-electron chi connectivity index (χ0n) is 14.6. The minimum absolute atomic E-state index is 0.274. The number of carbonyl (C=O) groups excluding carboxylic acids is 1. The number of amides is 1. The number of para-hydroxylation sites is 1. The SMILES string of the molecule is O=C(Nc1ncc(Cc2ccc(Cl)cc2)s1)c1c[nH]c(=S)n1-c1ccccc1. The molecule has 5 nitrogen and oxygen atoms in total. The number of nitrogens with one attached hydrogen (secondary N) is 2. The summed E-state index contributed by atoms with van der Waals surface area (Å²) in [5.74, 6) is -0.274. The lowest BCUT2D eigenvalue weighted by Gasteiger charge is -2.07. The Morgan fingerprint density at radius 2 is 1.93 bits per heavy atom. The van der Waals surface area contributed by atoms with E-state index in [1.165, 1.54) is 11.3 Å². The lowest BCUT2D eigenvalue weighted by molar-refractivity contribution is 0.102. The minimum Gasteiger partial charge on any atom is -0.336 e. The number of aromatic nitrogens is 3. The number of aromatic amines is 1. The fourth-order valence-corrected chi connectivity index (χ4v) is 4.01. The third-order valence-electron chi connectivity index (χ3n) is 4.09. The van der Waals surface area contributed by atoms with E-state index in [-0.39, 0.29) is 5.91 Å². The number of nitrogens with zero attached hydrogens (tertiary/aromatic N) is 2. The number of thiazole rings is 1. The van der Waals surface area contributed by atoms with E-state index in [0.717, 1.165) is 22.5 Å². The Morgan fingerprint density at radius 3 is 2.68 bits per heavy atom. The molecule has 0 fully saturated rings. The van der Waals surface area contributed by atoms with Gasteiger partial charge in [0.2, 0.25) is 0 Å². The molecule has 0 unspecified atom stereocenters. The molecule has 0 bridgehead atoms. The van der Waals surface area contributed by atoms with E-state index in [1.54, 1.807) is 17.0 Å². The maximum Gasteiger partial charge on any atom is 0.276 e. The Bertz CT molecular complexity index is 1160. The van der Waals surface area contributed by atoms with E-state index in [1.807, 2.05) is 54.6 Å². The quantitative estimate of drug-likeness (QED) is 0.415. The van der Waals surface area contributed by atoms with Crippen LogP contribution in [0, 0.1) is 4.77 Å². The molecule has 0 aliphatic carbocycles. The normalized spacial score (nSPS) is 10.8. The first kappa shape index (κ1) is 18.6. The molecule has 2 heterocycles. The van der Waals surface area contributed by atoms with Gasteiger partial charge in [0, 0.05) is 34.4 Å². The van der Waals surface area contributed by atoms with Gasteiger partial charge in [0.05, 0.1) is 0 Å². The molecule has 140 valence electrons. The van der Waals surface area contributed by atoms with Crippen molar-refractivity contribution >= 4 is 46.2 Å². The number of hydrogen-bond donors (Lipinski definition) is 2. The number of anilines is 1. The standard InChI is InChI=1S/C20H15ClN4OS2/c21-14-8-6-13(7-9-14)10-16-11-22-19(28-16)24-18(26)17-12-23-20(27)25(17)15-4-2-1-3-5-15/h1-9,11-12H,10H2,(H,23,27)(H,22,24,26). The van der Waals surface area contributed by atoms with Crippen LogP contribution in [0.2, 0.25) is 5.02 Å². The van der Waals surface area contributed by atoms with Gasteiger partial charge in [-0.05, 0) is 42.0 Å². The van der Waals surface area contributed by atoms with Crippen LogP contribution < -0.4 is 5.32 Å². The largest absolute Gasteiger partial charge is 0.336 e. The molecule has 0 aliphatic rings. The first-order chi connectivity index (χ1) is 13.6. The summed E-state index contributed by atoms with van der Waals surface area (Å²) in [5, 5.41) is 4.11. The maximum absolute atomic E-state index is 12.8. The van der Waals surface area contributed by atoms with Crippen LogP contribution in [-0.2, 0) is 6.42 Å². The van der Waals surface area contributed by atoms with Gasteiger partial charge in [-0.1, -0.05) is 41.9 Å². The van der Waals surface area contributed by atoms with Gasteiger partial charge >= 0.3 is 0 Å². The van der Waals surface area contributed by atoms with E-state index in [9.17, 15) is 4.79 Å². The van der Waals surface area contributed by atoms with Crippen LogP contribution in [0.5, 0.6) is 0 Å². The molecule has 0 atom stereocenters. The van der Waals surface area contributed by atoms with Gasteiger partial charge in [-0.25, -0.2) is 4.98 Å². The van der Waals surface area contributed by atoms with Gasteiger partial charge < -0.3 is 4.98 Å². The summed E-state index contributed by atoms with van der Waals surface area (Å²) in [4.78, 5) is 21.1. The van der Waals surface area contributed by atoms with Crippen LogP contribution in [0.4, 0.5) is 5.13 Å². The van der Waals surface area contributed by atoms with E-state index in [0.29, 0.717) is 20.6 Å². The van der Waals surface area contributed by atoms with Gasteiger partial charge in [-0.15, -0.1) is 11.3 Å². The monoisotopic (exact) mass is 426 g/mol. The number of carbonyl (C=O) groups is 1. The molecule has 0 aliphatic heterocycles. The minimum atomic E-state index is -0.274. The number of hydrogen-bond acceptors (Lipinski definition) is 4. The molecule has 4 aromatic rings. The fourth-order valence-electron chi connectivity index (χ4n) is 2.78. The predicted octanol–water partition coefficient (Wildman–Crippen LogP) is 5.49. The van der Waals surface area contributed by atoms with Crippen molar-refractivity contribution in [2.75, 3.05) is 5.32 Å². The van der Waals surface area contributed by atoms with E-state index >= 15 is 0 Å². The van der Waals surface area contributed by atoms with Crippen LogP contribution >= 0.6 is 35.2 Å². The molecule has 4 rings (SSSR count). The van der Waals surface area contributed by atoms with Crippen LogP contribution in [0.15, 0.2) is 67.0 Å². The number of benzene rings is 2. The summed E-state index contributed by atoms with van der Waals surface area (Å²) < 4.78 is 2.16. The maximum atomic E-state index is 12.8. The highest BCUT2D eigenvalue weighted by Gasteiger charge is 2.16. The topological polar surface area (TPSA) is 62.7 Å². The molecule has 2 aromatic carbocycles. The summed E-state index contributed by atoms with van der Waals surface area (Å²) in [7, 11) is 0. The zero-order chi connectivity index (χ0) is 19.5. The highest BCUT2D eigenvalue weighted by molar-refractivity contribution is 7.71. The predicted molar refractivity (Wildman–Crippen MR) is 115 cm³/mol. The molecular formula is C20H15ClN4OS2. The summed E-state index contributed by atoms with van der Waals surface area (Å²) in [6.07, 6.45) is 4.11. The molecule has 0 spiro atoms. The molecule has 0 saturated heterocycles.